The van der Waals surface area contributed by atoms with Crippen molar-refractivity contribution in [3.05, 3.63) is 24.3 Å². The van der Waals surface area contributed by atoms with Crippen LogP contribution in [0.2, 0.25) is 0 Å². The van der Waals surface area contributed by atoms with Crippen LogP contribution in [0.1, 0.15) is 45.4 Å². The Balaban J connectivity index is 1.56. The number of morpholine rings is 1. The van der Waals surface area contributed by atoms with Crippen molar-refractivity contribution in [2.75, 3.05) is 31.6 Å². The highest BCUT2D eigenvalue weighted by Crippen LogP contribution is 2.20. The molecule has 3 rings (SSSR count). The van der Waals surface area contributed by atoms with Gasteiger partial charge in [0.15, 0.2) is 0 Å². The average molecular weight is 410 g/mol. The number of hydrogen-bond acceptors (Lipinski definition) is 5. The zero-order valence-corrected chi connectivity index (χ0v) is 17.3. The van der Waals surface area contributed by atoms with Crippen molar-refractivity contribution in [1.82, 2.24) is 9.62 Å². The number of nitrogens with zero attached hydrogens (tertiary/aromatic N) is 1. The van der Waals surface area contributed by atoms with Gasteiger partial charge in [0.1, 0.15) is 0 Å². The average Bonchev–Trinajstić information content (AvgIpc) is 2.97. The predicted octanol–water partition coefficient (Wildman–Crippen LogP) is 2.35. The lowest BCUT2D eigenvalue weighted by molar-refractivity contribution is -0.118. The van der Waals surface area contributed by atoms with E-state index in [1.807, 2.05) is 6.92 Å². The van der Waals surface area contributed by atoms with Crippen LogP contribution in [0.15, 0.2) is 29.2 Å². The van der Waals surface area contributed by atoms with Gasteiger partial charge >= 0.3 is 0 Å². The third-order valence-electron chi connectivity index (χ3n) is 5.46. The summed E-state index contributed by atoms with van der Waals surface area (Å²) in [5.41, 5.74) is 0.598. The molecule has 1 aromatic carbocycles. The largest absolute Gasteiger partial charge is 0.379 e. The van der Waals surface area contributed by atoms with Gasteiger partial charge in [-0.1, -0.05) is 25.7 Å². The lowest BCUT2D eigenvalue weighted by Gasteiger charge is -2.26. The van der Waals surface area contributed by atoms with Crippen molar-refractivity contribution < 1.29 is 17.9 Å². The number of ether oxygens (including phenoxy) is 1. The molecule has 156 valence electrons. The highest BCUT2D eigenvalue weighted by Gasteiger charge is 2.26. The van der Waals surface area contributed by atoms with Crippen molar-refractivity contribution in [3.8, 4) is 0 Å². The van der Waals surface area contributed by atoms with E-state index in [1.54, 1.807) is 24.3 Å². The number of sulfonamides is 1. The van der Waals surface area contributed by atoms with E-state index in [-0.39, 0.29) is 16.8 Å². The first-order chi connectivity index (χ1) is 13.5. The number of hydrogen-bond donors (Lipinski definition) is 2. The quantitative estimate of drug-likeness (QED) is 0.704. The van der Waals surface area contributed by atoms with Gasteiger partial charge in [0, 0.05) is 24.8 Å². The molecule has 2 N–H and O–H groups in total. The summed E-state index contributed by atoms with van der Waals surface area (Å²) in [6.07, 6.45) is 7.21. The molecule has 1 aliphatic carbocycles. The summed E-state index contributed by atoms with van der Waals surface area (Å²) in [7, 11) is -3.52. The van der Waals surface area contributed by atoms with Crippen LogP contribution in [0.25, 0.3) is 0 Å². The zero-order chi connectivity index (χ0) is 20.0. The fourth-order valence-corrected chi connectivity index (χ4v) is 5.18. The number of amides is 1. The summed E-state index contributed by atoms with van der Waals surface area (Å²) < 4.78 is 32.0. The maximum absolute atomic E-state index is 12.7. The number of carbonyl (C=O) groups excluding carboxylic acids is 1. The monoisotopic (exact) mass is 409 g/mol. The van der Waals surface area contributed by atoms with E-state index < -0.39 is 10.0 Å². The molecule has 1 atom stereocenters. The summed E-state index contributed by atoms with van der Waals surface area (Å²) in [5.74, 6) is -0.104. The molecule has 1 amide bonds. The first-order valence-electron chi connectivity index (χ1n) is 10.2. The van der Waals surface area contributed by atoms with Crippen LogP contribution in [0.4, 0.5) is 5.69 Å². The van der Waals surface area contributed by atoms with E-state index in [9.17, 15) is 13.2 Å². The van der Waals surface area contributed by atoms with Gasteiger partial charge < -0.3 is 15.4 Å². The van der Waals surface area contributed by atoms with Gasteiger partial charge in [0.05, 0.1) is 24.2 Å². The van der Waals surface area contributed by atoms with Gasteiger partial charge in [0.2, 0.25) is 15.9 Å². The third-order valence-corrected chi connectivity index (χ3v) is 7.38. The Morgan fingerprint density at radius 2 is 1.68 bits per heavy atom. The zero-order valence-electron chi connectivity index (χ0n) is 16.5. The molecule has 0 radical (unpaired) electrons. The van der Waals surface area contributed by atoms with Crippen LogP contribution in [0, 0.1) is 0 Å². The maximum atomic E-state index is 12.7. The van der Waals surface area contributed by atoms with Crippen LogP contribution in [0.3, 0.4) is 0 Å². The molecular formula is C20H31N3O4S. The number of nitrogens with one attached hydrogen (secondary N) is 2. The molecule has 2 fully saturated rings. The third kappa shape index (κ3) is 5.53. The first-order valence-corrected chi connectivity index (χ1v) is 11.7. The Bertz CT molecular complexity index is 737. The molecule has 0 spiro atoms. The molecule has 0 bridgehead atoms. The van der Waals surface area contributed by atoms with E-state index in [0.29, 0.717) is 38.0 Å². The Morgan fingerprint density at radius 3 is 2.29 bits per heavy atom. The standard InChI is InChI=1S/C20H31N3O4S/c1-16(21-17-6-4-2-3-5-7-17)20(24)22-18-8-10-19(11-9-18)28(25,26)23-12-14-27-15-13-23/h8-11,16-17,21H,2-7,12-15H2,1H3,(H,22,24)/t16-/m1/s1. The SMILES string of the molecule is C[C@@H](NC1CCCCCC1)C(=O)Nc1ccc(S(=O)(=O)N2CCOCC2)cc1. The summed E-state index contributed by atoms with van der Waals surface area (Å²) >= 11 is 0. The molecule has 1 aliphatic heterocycles. The topological polar surface area (TPSA) is 87.7 Å². The van der Waals surface area contributed by atoms with Gasteiger partial charge in [0.25, 0.3) is 0 Å². The number of carbonyl (C=O) groups is 1. The smallest absolute Gasteiger partial charge is 0.243 e. The van der Waals surface area contributed by atoms with Crippen LogP contribution in [0.5, 0.6) is 0 Å². The van der Waals surface area contributed by atoms with E-state index in [2.05, 4.69) is 10.6 Å². The lowest BCUT2D eigenvalue weighted by Crippen LogP contribution is -2.43. The minimum Gasteiger partial charge on any atom is -0.379 e. The van der Waals surface area contributed by atoms with E-state index >= 15 is 0 Å². The number of benzene rings is 1. The van der Waals surface area contributed by atoms with Crippen LogP contribution < -0.4 is 10.6 Å². The summed E-state index contributed by atoms with van der Waals surface area (Å²) in [4.78, 5) is 12.7. The van der Waals surface area contributed by atoms with Gasteiger partial charge in [-0.05, 0) is 44.0 Å². The first kappa shape index (κ1) is 21.2. The predicted molar refractivity (Wildman–Crippen MR) is 109 cm³/mol. The molecule has 0 unspecified atom stereocenters. The molecular weight excluding hydrogens is 378 g/mol. The lowest BCUT2D eigenvalue weighted by atomic mass is 10.1. The Hall–Kier alpha value is -1.48. The Morgan fingerprint density at radius 1 is 1.07 bits per heavy atom. The summed E-state index contributed by atoms with van der Waals surface area (Å²) in [6, 6.07) is 6.48. The second kappa shape index (κ2) is 9.82. The molecule has 2 aliphatic rings. The maximum Gasteiger partial charge on any atom is 0.243 e. The minimum absolute atomic E-state index is 0.104. The normalized spacial score (nSPS) is 21.0. The summed E-state index contributed by atoms with van der Waals surface area (Å²) in [5, 5.41) is 6.31. The van der Waals surface area contributed by atoms with Crippen molar-refractivity contribution in [2.24, 2.45) is 0 Å². The van der Waals surface area contributed by atoms with E-state index in [0.717, 1.165) is 12.8 Å². The number of anilines is 1. The van der Waals surface area contributed by atoms with Crippen molar-refractivity contribution in [3.63, 3.8) is 0 Å². The van der Waals surface area contributed by atoms with Crippen molar-refractivity contribution >= 4 is 21.6 Å². The van der Waals surface area contributed by atoms with E-state index in [4.69, 9.17) is 4.74 Å². The van der Waals surface area contributed by atoms with Gasteiger partial charge in [-0.2, -0.15) is 4.31 Å². The molecule has 1 saturated heterocycles. The summed E-state index contributed by atoms with van der Waals surface area (Å²) in [6.45, 7) is 3.44. The Labute approximate surface area is 167 Å². The molecule has 1 heterocycles. The molecule has 1 saturated carbocycles. The van der Waals surface area contributed by atoms with Crippen LogP contribution in [-0.2, 0) is 19.6 Å². The minimum atomic E-state index is -3.52. The molecule has 8 heteroatoms. The fourth-order valence-electron chi connectivity index (χ4n) is 3.77. The van der Waals surface area contributed by atoms with Crippen molar-refractivity contribution in [1.29, 1.82) is 0 Å². The number of rotatable bonds is 6. The highest BCUT2D eigenvalue weighted by atomic mass is 32.2. The van der Waals surface area contributed by atoms with E-state index in [1.165, 1.54) is 30.0 Å². The van der Waals surface area contributed by atoms with Crippen molar-refractivity contribution in [2.45, 2.75) is 62.4 Å². The fraction of sp³-hybridized carbons (Fsp3) is 0.650. The molecule has 0 aromatic heterocycles. The molecule has 1 aromatic rings. The molecule has 28 heavy (non-hydrogen) atoms. The Kier molecular flexibility index (Phi) is 7.45. The highest BCUT2D eigenvalue weighted by molar-refractivity contribution is 7.89. The van der Waals surface area contributed by atoms with Gasteiger partial charge in [-0.3, -0.25) is 4.79 Å². The van der Waals surface area contributed by atoms with Gasteiger partial charge in [-0.25, -0.2) is 8.42 Å². The molecule has 7 nitrogen and oxygen atoms in total. The second-order valence-electron chi connectivity index (χ2n) is 7.61. The van der Waals surface area contributed by atoms with Gasteiger partial charge in [-0.15, -0.1) is 0 Å². The van der Waals surface area contributed by atoms with Crippen LogP contribution >= 0.6 is 0 Å². The van der Waals surface area contributed by atoms with Crippen LogP contribution in [-0.4, -0.2) is 57.0 Å². The second-order valence-corrected chi connectivity index (χ2v) is 9.54.